The molecular weight excluding hydrogens is 376 g/mol. The average Bonchev–Trinajstić information content (AvgIpc) is 3.08. The normalized spacial score (nSPS) is 11.5. The van der Waals surface area contributed by atoms with Crippen LogP contribution in [0.2, 0.25) is 0 Å². The van der Waals surface area contributed by atoms with Gasteiger partial charge >= 0.3 is 0 Å². The van der Waals surface area contributed by atoms with Gasteiger partial charge in [0, 0.05) is 25.8 Å². The third-order valence-corrected chi connectivity index (χ3v) is 4.96. The van der Waals surface area contributed by atoms with Crippen LogP contribution in [-0.4, -0.2) is 41.6 Å². The van der Waals surface area contributed by atoms with Crippen molar-refractivity contribution in [3.8, 4) is 0 Å². The van der Waals surface area contributed by atoms with E-state index in [4.69, 9.17) is 0 Å². The minimum atomic E-state index is -0.105. The Morgan fingerprint density at radius 2 is 1.97 bits per heavy atom. The van der Waals surface area contributed by atoms with E-state index in [9.17, 15) is 4.79 Å². The molecule has 3 rings (SSSR count). The molecule has 0 radical (unpaired) electrons. The van der Waals surface area contributed by atoms with Crippen LogP contribution in [0.4, 0.5) is 5.69 Å². The highest BCUT2D eigenvalue weighted by atomic mass is 16.1. The van der Waals surface area contributed by atoms with Gasteiger partial charge in [0.15, 0.2) is 5.96 Å². The first-order valence-corrected chi connectivity index (χ1v) is 10.4. The Bertz CT molecular complexity index is 1020. The predicted molar refractivity (Wildman–Crippen MR) is 123 cm³/mol. The number of amides is 1. The number of imidazole rings is 1. The highest BCUT2D eigenvalue weighted by Gasteiger charge is 2.07. The Kier molecular flexibility index (Phi) is 7.43. The first kappa shape index (κ1) is 21.4. The van der Waals surface area contributed by atoms with Crippen LogP contribution in [0.25, 0.3) is 11.0 Å². The van der Waals surface area contributed by atoms with Crippen LogP contribution in [0.5, 0.6) is 0 Å². The number of hydrogen-bond donors (Lipinski definition) is 3. The molecule has 0 saturated heterocycles. The average molecular weight is 407 g/mol. The number of carbonyl (C=O) groups excluding carboxylic acids is 1. The zero-order valence-electron chi connectivity index (χ0n) is 17.9. The number of hydrogen-bond acceptors (Lipinski definition) is 3. The lowest BCUT2D eigenvalue weighted by atomic mass is 10.1. The molecule has 2 aromatic carbocycles. The number of aromatic nitrogens is 2. The van der Waals surface area contributed by atoms with Gasteiger partial charge in [-0.3, -0.25) is 9.79 Å². The zero-order valence-corrected chi connectivity index (χ0v) is 17.9. The van der Waals surface area contributed by atoms with Gasteiger partial charge in [-0.25, -0.2) is 4.98 Å². The number of carbonyl (C=O) groups is 1. The first-order chi connectivity index (χ1) is 14.6. The maximum atomic E-state index is 12.2. The quantitative estimate of drug-likeness (QED) is 0.305. The molecule has 0 atom stereocenters. The van der Waals surface area contributed by atoms with Crippen LogP contribution >= 0.6 is 0 Å². The second-order valence-corrected chi connectivity index (χ2v) is 7.11. The van der Waals surface area contributed by atoms with Gasteiger partial charge in [0.05, 0.1) is 17.6 Å². The van der Waals surface area contributed by atoms with Crippen LogP contribution < -0.4 is 16.0 Å². The summed E-state index contributed by atoms with van der Waals surface area (Å²) in [4.78, 5) is 21.0. The minimum absolute atomic E-state index is 0.105. The van der Waals surface area contributed by atoms with Gasteiger partial charge in [-0.1, -0.05) is 31.2 Å². The SMILES string of the molecule is CCc1cccc(NC(=O)CNC(=NC)NCCCn2c(C)nc3ccccc32)c1. The molecule has 3 N–H and O–H groups in total. The summed E-state index contributed by atoms with van der Waals surface area (Å²) in [7, 11) is 1.70. The van der Waals surface area contributed by atoms with Crippen LogP contribution in [0, 0.1) is 6.92 Å². The number of rotatable bonds is 8. The lowest BCUT2D eigenvalue weighted by molar-refractivity contribution is -0.115. The van der Waals surface area contributed by atoms with Crippen molar-refractivity contribution < 1.29 is 4.79 Å². The largest absolute Gasteiger partial charge is 0.356 e. The van der Waals surface area contributed by atoms with E-state index in [1.54, 1.807) is 7.05 Å². The summed E-state index contributed by atoms with van der Waals surface area (Å²) in [5.74, 6) is 1.52. The number of anilines is 1. The molecule has 0 unspecified atom stereocenters. The molecule has 0 saturated carbocycles. The third-order valence-electron chi connectivity index (χ3n) is 4.96. The maximum absolute atomic E-state index is 12.2. The van der Waals surface area contributed by atoms with Crippen molar-refractivity contribution in [2.24, 2.45) is 4.99 Å². The molecule has 0 aliphatic heterocycles. The van der Waals surface area contributed by atoms with E-state index in [1.807, 2.05) is 49.4 Å². The van der Waals surface area contributed by atoms with E-state index < -0.39 is 0 Å². The summed E-state index contributed by atoms with van der Waals surface area (Å²) in [5.41, 5.74) is 4.18. The predicted octanol–water partition coefficient (Wildman–Crippen LogP) is 3.10. The van der Waals surface area contributed by atoms with E-state index in [0.717, 1.165) is 48.5 Å². The molecule has 0 fully saturated rings. The Morgan fingerprint density at radius 1 is 1.13 bits per heavy atom. The van der Waals surface area contributed by atoms with Crippen molar-refractivity contribution in [3.63, 3.8) is 0 Å². The van der Waals surface area contributed by atoms with Crippen LogP contribution in [0.3, 0.4) is 0 Å². The van der Waals surface area contributed by atoms with E-state index >= 15 is 0 Å². The number of guanidine groups is 1. The van der Waals surface area contributed by atoms with Gasteiger partial charge < -0.3 is 20.5 Å². The lowest BCUT2D eigenvalue weighted by Gasteiger charge is -2.13. The van der Waals surface area contributed by atoms with Crippen molar-refractivity contribution >= 4 is 28.6 Å². The summed E-state index contributed by atoms with van der Waals surface area (Å²) in [6, 6.07) is 16.1. The minimum Gasteiger partial charge on any atom is -0.356 e. The molecule has 158 valence electrons. The van der Waals surface area contributed by atoms with Crippen molar-refractivity contribution in [1.29, 1.82) is 0 Å². The first-order valence-electron chi connectivity index (χ1n) is 10.4. The fraction of sp³-hybridized carbons (Fsp3) is 0.348. The molecule has 0 aliphatic carbocycles. The number of aryl methyl sites for hydroxylation is 3. The Morgan fingerprint density at radius 3 is 2.77 bits per heavy atom. The van der Waals surface area contributed by atoms with Gasteiger partial charge in [-0.2, -0.15) is 0 Å². The van der Waals surface area contributed by atoms with Crippen molar-refractivity contribution in [3.05, 3.63) is 59.9 Å². The smallest absolute Gasteiger partial charge is 0.243 e. The van der Waals surface area contributed by atoms with Crippen molar-refractivity contribution in [1.82, 2.24) is 20.2 Å². The summed E-state index contributed by atoms with van der Waals surface area (Å²) < 4.78 is 2.23. The molecule has 1 amide bonds. The maximum Gasteiger partial charge on any atom is 0.243 e. The van der Waals surface area contributed by atoms with E-state index in [-0.39, 0.29) is 12.5 Å². The van der Waals surface area contributed by atoms with Gasteiger partial charge in [-0.15, -0.1) is 0 Å². The number of para-hydroxylation sites is 2. The lowest BCUT2D eigenvalue weighted by Crippen LogP contribution is -2.41. The summed E-state index contributed by atoms with van der Waals surface area (Å²) in [5, 5.41) is 9.23. The van der Waals surface area contributed by atoms with Gasteiger partial charge in [0.2, 0.25) is 5.91 Å². The summed E-state index contributed by atoms with van der Waals surface area (Å²) in [6.07, 6.45) is 1.85. The summed E-state index contributed by atoms with van der Waals surface area (Å²) >= 11 is 0. The number of fused-ring (bicyclic) bond motifs is 1. The molecule has 30 heavy (non-hydrogen) atoms. The van der Waals surface area contributed by atoms with E-state index in [2.05, 4.69) is 43.5 Å². The second-order valence-electron chi connectivity index (χ2n) is 7.11. The fourth-order valence-electron chi connectivity index (χ4n) is 3.38. The van der Waals surface area contributed by atoms with Crippen molar-refractivity contribution in [2.45, 2.75) is 33.2 Å². The highest BCUT2D eigenvalue weighted by Crippen LogP contribution is 2.15. The number of nitrogens with one attached hydrogen (secondary N) is 3. The Hall–Kier alpha value is -3.35. The molecular formula is C23H30N6O. The van der Waals surface area contributed by atoms with Gasteiger partial charge in [-0.05, 0) is 49.6 Å². The number of benzene rings is 2. The van der Waals surface area contributed by atoms with E-state index in [0.29, 0.717) is 5.96 Å². The monoisotopic (exact) mass is 406 g/mol. The molecule has 1 aromatic heterocycles. The molecule has 7 nitrogen and oxygen atoms in total. The van der Waals surface area contributed by atoms with Crippen LogP contribution in [0.15, 0.2) is 53.5 Å². The highest BCUT2D eigenvalue weighted by molar-refractivity contribution is 5.95. The molecule has 1 heterocycles. The number of aliphatic imine (C=N–C) groups is 1. The summed E-state index contributed by atoms with van der Waals surface area (Å²) in [6.45, 7) is 5.88. The van der Waals surface area contributed by atoms with E-state index in [1.165, 1.54) is 5.56 Å². The fourth-order valence-corrected chi connectivity index (χ4v) is 3.38. The molecule has 0 aliphatic rings. The van der Waals surface area contributed by atoms with Crippen LogP contribution in [0.1, 0.15) is 24.7 Å². The Labute approximate surface area is 177 Å². The molecule has 0 spiro atoms. The standard InChI is InChI=1S/C23H30N6O/c1-4-18-9-7-10-19(15-18)28-22(30)16-26-23(24-3)25-13-8-14-29-17(2)27-20-11-5-6-12-21(20)29/h5-7,9-12,15H,4,8,13-14,16H2,1-3H3,(H,28,30)(H2,24,25,26). The van der Waals surface area contributed by atoms with Crippen molar-refractivity contribution in [2.75, 3.05) is 25.5 Å². The third kappa shape index (κ3) is 5.59. The molecule has 3 aromatic rings. The zero-order chi connectivity index (χ0) is 21.3. The van der Waals surface area contributed by atoms with Gasteiger partial charge in [0.25, 0.3) is 0 Å². The van der Waals surface area contributed by atoms with Crippen LogP contribution in [-0.2, 0) is 17.8 Å². The molecule has 0 bridgehead atoms. The molecule has 7 heteroatoms. The topological polar surface area (TPSA) is 83.3 Å². The second kappa shape index (κ2) is 10.4. The Balaban J connectivity index is 1.42. The van der Waals surface area contributed by atoms with Gasteiger partial charge in [0.1, 0.15) is 5.82 Å². The number of nitrogens with zero attached hydrogens (tertiary/aromatic N) is 3.